The number of nitrogens with zero attached hydrogens (tertiary/aromatic N) is 3. The van der Waals surface area contributed by atoms with Gasteiger partial charge in [-0.1, -0.05) is 12.1 Å². The molecule has 1 aliphatic heterocycles. The first-order valence-electron chi connectivity index (χ1n) is 9.30. The van der Waals surface area contributed by atoms with Gasteiger partial charge in [-0.15, -0.1) is 24.0 Å². The summed E-state index contributed by atoms with van der Waals surface area (Å²) in [5.41, 5.74) is 0.845. The molecule has 0 saturated carbocycles. The van der Waals surface area contributed by atoms with Crippen LogP contribution < -0.4 is 15.5 Å². The molecule has 0 spiro atoms. The lowest BCUT2D eigenvalue weighted by molar-refractivity contribution is 0.459. The number of anilines is 1. The zero-order valence-corrected chi connectivity index (χ0v) is 19.8. The first kappa shape index (κ1) is 22.9. The lowest BCUT2D eigenvalue weighted by Gasteiger charge is -2.33. The van der Waals surface area contributed by atoms with Crippen LogP contribution in [0.5, 0.6) is 0 Å². The maximum absolute atomic E-state index is 13.7. The fraction of sp³-hybridized carbons (Fsp3) is 0.400. The van der Waals surface area contributed by atoms with Crippen molar-refractivity contribution in [2.45, 2.75) is 32.4 Å². The molecule has 152 valence electrons. The van der Waals surface area contributed by atoms with Gasteiger partial charge in [-0.3, -0.25) is 0 Å². The van der Waals surface area contributed by atoms with E-state index in [4.69, 9.17) is 0 Å². The Bertz CT molecular complexity index is 766. The molecule has 0 amide bonds. The van der Waals surface area contributed by atoms with Gasteiger partial charge in [-0.05, 0) is 65.5 Å². The molecule has 0 unspecified atom stereocenters. The molecule has 0 atom stereocenters. The molecule has 1 aliphatic rings. The van der Waals surface area contributed by atoms with Crippen LogP contribution in [0.1, 0.15) is 25.3 Å². The normalized spacial score (nSPS) is 15.1. The fourth-order valence-corrected chi connectivity index (χ4v) is 3.36. The van der Waals surface area contributed by atoms with Gasteiger partial charge >= 0.3 is 0 Å². The smallest absolute Gasteiger partial charge is 0.191 e. The predicted molar refractivity (Wildman–Crippen MR) is 127 cm³/mol. The number of pyridine rings is 1. The van der Waals surface area contributed by atoms with E-state index < -0.39 is 0 Å². The highest BCUT2D eigenvalue weighted by Gasteiger charge is 2.20. The Morgan fingerprint density at radius 1 is 1.29 bits per heavy atom. The summed E-state index contributed by atoms with van der Waals surface area (Å²) in [4.78, 5) is 11.4. The molecule has 8 heteroatoms. The van der Waals surface area contributed by atoms with Gasteiger partial charge < -0.3 is 15.5 Å². The highest BCUT2D eigenvalue weighted by Crippen LogP contribution is 2.18. The van der Waals surface area contributed by atoms with Crippen molar-refractivity contribution >= 4 is 51.7 Å². The van der Waals surface area contributed by atoms with Crippen molar-refractivity contribution < 1.29 is 4.39 Å². The third-order valence-corrected chi connectivity index (χ3v) is 5.20. The molecule has 2 heterocycles. The first-order valence-corrected chi connectivity index (χ1v) is 10.1. The number of hydrogen-bond acceptors (Lipinski definition) is 3. The Labute approximate surface area is 191 Å². The van der Waals surface area contributed by atoms with E-state index in [9.17, 15) is 4.39 Å². The minimum absolute atomic E-state index is 0. The van der Waals surface area contributed by atoms with Crippen LogP contribution in [0.4, 0.5) is 10.2 Å². The van der Waals surface area contributed by atoms with E-state index in [1.165, 1.54) is 6.07 Å². The minimum Gasteiger partial charge on any atom is -0.357 e. The highest BCUT2D eigenvalue weighted by atomic mass is 127. The average Bonchev–Trinajstić information content (AvgIpc) is 2.70. The third-order valence-electron chi connectivity index (χ3n) is 4.56. The lowest BCUT2D eigenvalue weighted by Crippen LogP contribution is -2.48. The molecule has 1 fully saturated rings. The summed E-state index contributed by atoms with van der Waals surface area (Å²) >= 11 is 3.18. The molecule has 2 aromatic rings. The number of nitrogens with one attached hydrogen (secondary N) is 2. The zero-order chi connectivity index (χ0) is 19.1. The van der Waals surface area contributed by atoms with E-state index in [0.29, 0.717) is 17.1 Å². The summed E-state index contributed by atoms with van der Waals surface area (Å²) < 4.78 is 14.1. The fourth-order valence-electron chi connectivity index (χ4n) is 3.12. The van der Waals surface area contributed by atoms with Gasteiger partial charge in [0.25, 0.3) is 0 Å². The molecule has 3 rings (SSSR count). The number of halogens is 3. The van der Waals surface area contributed by atoms with Crippen LogP contribution in [0.3, 0.4) is 0 Å². The Morgan fingerprint density at radius 3 is 2.71 bits per heavy atom. The maximum Gasteiger partial charge on any atom is 0.191 e. The largest absolute Gasteiger partial charge is 0.357 e. The van der Waals surface area contributed by atoms with Crippen molar-refractivity contribution in [3.63, 3.8) is 0 Å². The molecule has 5 nitrogen and oxygen atoms in total. The van der Waals surface area contributed by atoms with E-state index >= 15 is 0 Å². The summed E-state index contributed by atoms with van der Waals surface area (Å²) in [6, 6.07) is 11.5. The summed E-state index contributed by atoms with van der Waals surface area (Å²) in [5.74, 6) is 1.55. The minimum atomic E-state index is -0.262. The molecule has 0 radical (unpaired) electrons. The van der Waals surface area contributed by atoms with Crippen LogP contribution in [0, 0.1) is 5.82 Å². The van der Waals surface area contributed by atoms with Crippen LogP contribution in [-0.2, 0) is 6.54 Å². The van der Waals surface area contributed by atoms with Gasteiger partial charge in [0.2, 0.25) is 0 Å². The lowest BCUT2D eigenvalue weighted by atomic mass is 10.1. The van der Waals surface area contributed by atoms with Crippen molar-refractivity contribution in [3.05, 3.63) is 58.4 Å². The number of piperidine rings is 1. The van der Waals surface area contributed by atoms with Crippen molar-refractivity contribution in [2.24, 2.45) is 4.99 Å². The third kappa shape index (κ3) is 6.58. The molecule has 28 heavy (non-hydrogen) atoms. The molecule has 1 aromatic heterocycles. The second-order valence-electron chi connectivity index (χ2n) is 6.54. The Hall–Kier alpha value is -1.42. The van der Waals surface area contributed by atoms with Crippen LogP contribution in [-0.4, -0.2) is 36.6 Å². The van der Waals surface area contributed by atoms with Gasteiger partial charge in [0.05, 0.1) is 11.0 Å². The zero-order valence-electron chi connectivity index (χ0n) is 15.9. The molecule has 2 N–H and O–H groups in total. The van der Waals surface area contributed by atoms with Crippen molar-refractivity contribution in [1.29, 1.82) is 0 Å². The Kier molecular flexibility index (Phi) is 9.43. The second-order valence-corrected chi connectivity index (χ2v) is 7.39. The van der Waals surface area contributed by atoms with Gasteiger partial charge in [0, 0.05) is 31.9 Å². The number of aromatic nitrogens is 1. The van der Waals surface area contributed by atoms with Crippen LogP contribution >= 0.6 is 39.9 Å². The monoisotopic (exact) mass is 561 g/mol. The Morgan fingerprint density at radius 2 is 2.07 bits per heavy atom. The molecule has 0 aliphatic carbocycles. The molecule has 1 saturated heterocycles. The number of aliphatic imine (C=N–C) groups is 1. The van der Waals surface area contributed by atoms with E-state index in [0.717, 1.165) is 49.8 Å². The molecular formula is C20H26BrFIN5. The predicted octanol–water partition coefficient (Wildman–Crippen LogP) is 4.33. The van der Waals surface area contributed by atoms with Crippen molar-refractivity contribution in [2.75, 3.05) is 24.5 Å². The number of hydrogen-bond donors (Lipinski definition) is 2. The van der Waals surface area contributed by atoms with Gasteiger partial charge in [-0.2, -0.15) is 0 Å². The van der Waals surface area contributed by atoms with E-state index in [1.54, 1.807) is 6.07 Å². The summed E-state index contributed by atoms with van der Waals surface area (Å²) in [6.07, 6.45) is 3.88. The number of benzene rings is 1. The van der Waals surface area contributed by atoms with E-state index in [1.807, 2.05) is 31.3 Å². The van der Waals surface area contributed by atoms with E-state index in [2.05, 4.69) is 47.5 Å². The van der Waals surface area contributed by atoms with Crippen LogP contribution in [0.25, 0.3) is 0 Å². The van der Waals surface area contributed by atoms with E-state index in [-0.39, 0.29) is 29.8 Å². The molecular weight excluding hydrogens is 536 g/mol. The van der Waals surface area contributed by atoms with Gasteiger partial charge in [-0.25, -0.2) is 14.4 Å². The quantitative estimate of drug-likeness (QED) is 0.324. The van der Waals surface area contributed by atoms with Crippen LogP contribution in [0.2, 0.25) is 0 Å². The molecule has 1 aromatic carbocycles. The van der Waals surface area contributed by atoms with Crippen molar-refractivity contribution in [1.82, 2.24) is 15.6 Å². The average molecular weight is 562 g/mol. The summed E-state index contributed by atoms with van der Waals surface area (Å²) in [7, 11) is 0. The van der Waals surface area contributed by atoms with Crippen LogP contribution in [0.15, 0.2) is 52.1 Å². The SMILES string of the molecule is CCNC(=NCc1ccc(Br)c(F)c1)NC1CCN(c2ccccn2)CC1.I. The van der Waals surface area contributed by atoms with Gasteiger partial charge in [0.1, 0.15) is 11.6 Å². The standard InChI is InChI=1S/C20H25BrFN5.HI/c1-2-23-20(25-14-15-6-7-17(21)18(22)13-15)26-16-8-11-27(12-9-16)19-5-3-4-10-24-19;/h3-7,10,13,16H,2,8-9,11-12,14H2,1H3,(H2,23,25,26);1H. The maximum atomic E-state index is 13.7. The Balaban J connectivity index is 0.00000280. The number of rotatable bonds is 5. The van der Waals surface area contributed by atoms with Crippen molar-refractivity contribution in [3.8, 4) is 0 Å². The summed E-state index contributed by atoms with van der Waals surface area (Å²) in [6.45, 7) is 5.19. The number of guanidine groups is 1. The van der Waals surface area contributed by atoms with Gasteiger partial charge in [0.15, 0.2) is 5.96 Å². The summed E-state index contributed by atoms with van der Waals surface area (Å²) in [5, 5.41) is 6.79. The highest BCUT2D eigenvalue weighted by molar-refractivity contribution is 14.0. The first-order chi connectivity index (χ1) is 13.2. The topological polar surface area (TPSA) is 52.6 Å². The molecule has 0 bridgehead atoms. The second kappa shape index (κ2) is 11.5.